The maximum Gasteiger partial charge on any atom is 0.224 e. The van der Waals surface area contributed by atoms with Gasteiger partial charge in [-0.1, -0.05) is 13.0 Å². The van der Waals surface area contributed by atoms with Crippen LogP contribution >= 0.6 is 0 Å². The molecule has 23 heavy (non-hydrogen) atoms. The highest BCUT2D eigenvalue weighted by Gasteiger charge is 2.16. The van der Waals surface area contributed by atoms with E-state index in [0.29, 0.717) is 11.3 Å². The van der Waals surface area contributed by atoms with Crippen molar-refractivity contribution in [1.29, 1.82) is 0 Å². The van der Waals surface area contributed by atoms with E-state index in [9.17, 15) is 9.18 Å². The first-order chi connectivity index (χ1) is 11.0. The summed E-state index contributed by atoms with van der Waals surface area (Å²) in [6.45, 7) is 3.76. The molecule has 122 valence electrons. The van der Waals surface area contributed by atoms with E-state index in [0.717, 1.165) is 0 Å². The number of hydrogen-bond donors (Lipinski definition) is 2. The Bertz CT molecular complexity index is 662. The van der Waals surface area contributed by atoms with E-state index < -0.39 is 5.82 Å². The van der Waals surface area contributed by atoms with Crippen molar-refractivity contribution in [2.45, 2.75) is 26.4 Å². The zero-order valence-electron chi connectivity index (χ0n) is 13.1. The van der Waals surface area contributed by atoms with Crippen molar-refractivity contribution in [2.75, 3.05) is 0 Å². The Hall–Kier alpha value is -2.47. The molecule has 0 fully saturated rings. The smallest absolute Gasteiger partial charge is 0.224 e. The number of carbonyl (C=O) groups is 1. The minimum Gasteiger partial charge on any atom is -0.453 e. The van der Waals surface area contributed by atoms with Crippen LogP contribution in [0.15, 0.2) is 42.7 Å². The first-order valence-corrected chi connectivity index (χ1v) is 7.37. The SMILES string of the molecule is CC(N)C(C)C(=O)NCc1ccc(Oc2cccnc2)c(F)c1. The molecule has 2 atom stereocenters. The highest BCUT2D eigenvalue weighted by atomic mass is 19.1. The normalized spacial score (nSPS) is 13.2. The summed E-state index contributed by atoms with van der Waals surface area (Å²) in [4.78, 5) is 15.7. The Balaban J connectivity index is 1.98. The average Bonchev–Trinajstić information content (AvgIpc) is 2.55. The molecule has 0 aliphatic rings. The van der Waals surface area contributed by atoms with Gasteiger partial charge >= 0.3 is 0 Å². The second kappa shape index (κ2) is 7.69. The average molecular weight is 317 g/mol. The lowest BCUT2D eigenvalue weighted by molar-refractivity contribution is -0.125. The summed E-state index contributed by atoms with van der Waals surface area (Å²) in [6.07, 6.45) is 3.11. The molecule has 0 aliphatic carbocycles. The number of benzene rings is 1. The number of pyridine rings is 1. The molecule has 2 rings (SSSR count). The predicted molar refractivity (Wildman–Crippen MR) is 85.4 cm³/mol. The lowest BCUT2D eigenvalue weighted by Crippen LogP contribution is -2.38. The molecule has 0 saturated heterocycles. The molecule has 0 saturated carbocycles. The number of rotatable bonds is 6. The van der Waals surface area contributed by atoms with E-state index >= 15 is 0 Å². The van der Waals surface area contributed by atoms with E-state index in [1.54, 1.807) is 38.2 Å². The molecule has 1 heterocycles. The Morgan fingerprint density at radius 3 is 2.78 bits per heavy atom. The maximum atomic E-state index is 14.1. The van der Waals surface area contributed by atoms with Crippen LogP contribution in [-0.2, 0) is 11.3 Å². The van der Waals surface area contributed by atoms with Gasteiger partial charge in [0.1, 0.15) is 5.75 Å². The third kappa shape index (κ3) is 4.75. The van der Waals surface area contributed by atoms with Crippen LogP contribution in [0.25, 0.3) is 0 Å². The number of nitrogens with zero attached hydrogens (tertiary/aromatic N) is 1. The summed E-state index contributed by atoms with van der Waals surface area (Å²) in [5, 5.41) is 2.74. The van der Waals surface area contributed by atoms with Gasteiger partial charge in [0, 0.05) is 24.7 Å². The van der Waals surface area contributed by atoms with Crippen LogP contribution in [0.2, 0.25) is 0 Å². The molecule has 0 bridgehead atoms. The van der Waals surface area contributed by atoms with Gasteiger partial charge in [-0.05, 0) is 36.8 Å². The van der Waals surface area contributed by atoms with Crippen LogP contribution in [0.5, 0.6) is 11.5 Å². The van der Waals surface area contributed by atoms with Gasteiger partial charge in [-0.25, -0.2) is 4.39 Å². The highest BCUT2D eigenvalue weighted by Crippen LogP contribution is 2.24. The second-order valence-electron chi connectivity index (χ2n) is 5.42. The molecule has 1 aromatic carbocycles. The quantitative estimate of drug-likeness (QED) is 0.858. The van der Waals surface area contributed by atoms with Gasteiger partial charge in [-0.2, -0.15) is 0 Å². The number of aromatic nitrogens is 1. The summed E-state index contributed by atoms with van der Waals surface area (Å²) < 4.78 is 19.5. The molecular formula is C17H20FN3O2. The second-order valence-corrected chi connectivity index (χ2v) is 5.42. The minimum absolute atomic E-state index is 0.108. The number of nitrogens with two attached hydrogens (primary N) is 1. The van der Waals surface area contributed by atoms with Crippen LogP contribution in [0.4, 0.5) is 4.39 Å². The Kier molecular flexibility index (Phi) is 5.65. The summed E-state index contributed by atoms with van der Waals surface area (Å²) in [6, 6.07) is 7.72. The molecule has 1 amide bonds. The molecule has 0 radical (unpaired) electrons. The van der Waals surface area contributed by atoms with Crippen molar-refractivity contribution >= 4 is 5.91 Å². The zero-order chi connectivity index (χ0) is 16.8. The van der Waals surface area contributed by atoms with Gasteiger partial charge in [0.05, 0.1) is 6.20 Å². The molecule has 5 nitrogen and oxygen atoms in total. The Morgan fingerprint density at radius 1 is 1.39 bits per heavy atom. The van der Waals surface area contributed by atoms with Crippen LogP contribution in [0.1, 0.15) is 19.4 Å². The molecule has 3 N–H and O–H groups in total. The number of halogens is 1. The lowest BCUT2D eigenvalue weighted by atomic mass is 10.0. The highest BCUT2D eigenvalue weighted by molar-refractivity contribution is 5.78. The lowest BCUT2D eigenvalue weighted by Gasteiger charge is -2.15. The third-order valence-corrected chi connectivity index (χ3v) is 3.53. The Morgan fingerprint density at radius 2 is 2.17 bits per heavy atom. The van der Waals surface area contributed by atoms with Gasteiger partial charge in [0.2, 0.25) is 5.91 Å². The summed E-state index contributed by atoms with van der Waals surface area (Å²) in [5.74, 6) is -0.389. The Labute approximate surface area is 134 Å². The summed E-state index contributed by atoms with van der Waals surface area (Å²) in [7, 11) is 0. The van der Waals surface area contributed by atoms with Gasteiger partial charge in [-0.15, -0.1) is 0 Å². The molecular weight excluding hydrogens is 297 g/mol. The topological polar surface area (TPSA) is 77.2 Å². The fourth-order valence-electron chi connectivity index (χ4n) is 1.86. The van der Waals surface area contributed by atoms with Crippen molar-refractivity contribution in [3.63, 3.8) is 0 Å². The van der Waals surface area contributed by atoms with E-state index in [2.05, 4.69) is 10.3 Å². The molecule has 2 unspecified atom stereocenters. The van der Waals surface area contributed by atoms with Crippen LogP contribution in [0, 0.1) is 11.7 Å². The first kappa shape index (κ1) is 16.9. The van der Waals surface area contributed by atoms with Crippen molar-refractivity contribution in [1.82, 2.24) is 10.3 Å². The van der Waals surface area contributed by atoms with Gasteiger partial charge in [0.15, 0.2) is 11.6 Å². The third-order valence-electron chi connectivity index (χ3n) is 3.53. The van der Waals surface area contributed by atoms with Gasteiger partial charge in [-0.3, -0.25) is 9.78 Å². The zero-order valence-corrected chi connectivity index (χ0v) is 13.1. The van der Waals surface area contributed by atoms with Gasteiger partial charge < -0.3 is 15.8 Å². The fourth-order valence-corrected chi connectivity index (χ4v) is 1.86. The van der Waals surface area contributed by atoms with E-state index in [1.807, 2.05) is 0 Å². The summed E-state index contributed by atoms with van der Waals surface area (Å²) in [5.41, 5.74) is 6.33. The number of carbonyl (C=O) groups excluding carboxylic acids is 1. The van der Waals surface area contributed by atoms with Crippen LogP contribution < -0.4 is 15.8 Å². The van der Waals surface area contributed by atoms with Gasteiger partial charge in [0.25, 0.3) is 0 Å². The van der Waals surface area contributed by atoms with E-state index in [-0.39, 0.29) is 30.2 Å². The monoisotopic (exact) mass is 317 g/mol. The minimum atomic E-state index is -0.499. The van der Waals surface area contributed by atoms with Crippen LogP contribution in [-0.4, -0.2) is 16.9 Å². The maximum absolute atomic E-state index is 14.1. The number of ether oxygens (including phenoxy) is 1. The number of amides is 1. The van der Waals surface area contributed by atoms with Crippen molar-refractivity contribution in [3.8, 4) is 11.5 Å². The number of hydrogen-bond acceptors (Lipinski definition) is 4. The van der Waals surface area contributed by atoms with Crippen LogP contribution in [0.3, 0.4) is 0 Å². The predicted octanol–water partition coefficient (Wildman–Crippen LogP) is 2.61. The summed E-state index contributed by atoms with van der Waals surface area (Å²) >= 11 is 0. The van der Waals surface area contributed by atoms with Crippen molar-refractivity contribution in [3.05, 3.63) is 54.1 Å². The largest absolute Gasteiger partial charge is 0.453 e. The standard InChI is InChI=1S/C17H20FN3O2/c1-11(12(2)19)17(22)21-9-13-5-6-16(15(18)8-13)23-14-4-3-7-20-10-14/h3-8,10-12H,9,19H2,1-2H3,(H,21,22). The van der Waals surface area contributed by atoms with E-state index in [1.165, 1.54) is 18.3 Å². The molecule has 0 aliphatic heterocycles. The van der Waals surface area contributed by atoms with Crippen molar-refractivity contribution in [2.24, 2.45) is 11.7 Å². The fraction of sp³-hybridized carbons (Fsp3) is 0.294. The first-order valence-electron chi connectivity index (χ1n) is 7.37. The molecule has 6 heteroatoms. The molecule has 0 spiro atoms. The van der Waals surface area contributed by atoms with Crippen molar-refractivity contribution < 1.29 is 13.9 Å². The number of nitrogens with one attached hydrogen (secondary N) is 1. The molecule has 2 aromatic rings. The van der Waals surface area contributed by atoms with E-state index in [4.69, 9.17) is 10.5 Å². The molecule has 1 aromatic heterocycles.